The van der Waals surface area contributed by atoms with Crippen molar-refractivity contribution < 1.29 is 4.42 Å². The van der Waals surface area contributed by atoms with E-state index < -0.39 is 0 Å². The van der Waals surface area contributed by atoms with Gasteiger partial charge in [-0.1, -0.05) is 13.3 Å². The summed E-state index contributed by atoms with van der Waals surface area (Å²) in [6, 6.07) is 0. The van der Waals surface area contributed by atoms with Crippen LogP contribution in [0.25, 0.3) is 0 Å². The molecule has 3 heteroatoms. The van der Waals surface area contributed by atoms with Gasteiger partial charge in [-0.25, -0.2) is 4.98 Å². The zero-order valence-electron chi connectivity index (χ0n) is 9.18. The topological polar surface area (TPSA) is 38.1 Å². The number of hydrogen-bond donors (Lipinski definition) is 1. The van der Waals surface area contributed by atoms with Gasteiger partial charge in [-0.3, -0.25) is 0 Å². The fraction of sp³-hybridized carbons (Fsp3) is 0.727. The second-order valence-corrected chi connectivity index (χ2v) is 3.53. The monoisotopic (exact) mass is 196 g/mol. The van der Waals surface area contributed by atoms with Crippen LogP contribution in [0.2, 0.25) is 0 Å². The third-order valence-corrected chi connectivity index (χ3v) is 2.20. The Morgan fingerprint density at radius 3 is 2.93 bits per heavy atom. The lowest BCUT2D eigenvalue weighted by Crippen LogP contribution is -2.08. The third-order valence-electron chi connectivity index (χ3n) is 2.20. The van der Waals surface area contributed by atoms with Gasteiger partial charge in [0.2, 0.25) is 0 Å². The van der Waals surface area contributed by atoms with Crippen LogP contribution in [0.5, 0.6) is 0 Å². The van der Waals surface area contributed by atoms with E-state index in [-0.39, 0.29) is 0 Å². The van der Waals surface area contributed by atoms with Crippen LogP contribution >= 0.6 is 0 Å². The Morgan fingerprint density at radius 1 is 1.36 bits per heavy atom. The van der Waals surface area contributed by atoms with Crippen molar-refractivity contribution in [1.29, 1.82) is 0 Å². The van der Waals surface area contributed by atoms with Crippen molar-refractivity contribution in [3.8, 4) is 0 Å². The number of unbranched alkanes of at least 4 members (excludes halogenated alkanes) is 1. The van der Waals surface area contributed by atoms with Crippen LogP contribution in [0, 0.1) is 0 Å². The first kappa shape index (κ1) is 11.2. The molecule has 0 unspecified atom stereocenters. The molecule has 1 aromatic heterocycles. The smallest absolute Gasteiger partial charge is 0.194 e. The highest BCUT2D eigenvalue weighted by Gasteiger charge is 2.02. The Balaban J connectivity index is 2.27. The van der Waals surface area contributed by atoms with Crippen molar-refractivity contribution in [1.82, 2.24) is 10.3 Å². The number of aromatic nitrogens is 1. The molecule has 1 aromatic rings. The van der Waals surface area contributed by atoms with E-state index in [2.05, 4.69) is 17.2 Å². The van der Waals surface area contributed by atoms with E-state index in [9.17, 15) is 0 Å². The van der Waals surface area contributed by atoms with Crippen LogP contribution in [-0.2, 0) is 12.8 Å². The predicted molar refractivity (Wildman–Crippen MR) is 57.4 cm³/mol. The number of oxazole rings is 1. The Hall–Kier alpha value is -0.830. The summed E-state index contributed by atoms with van der Waals surface area (Å²) < 4.78 is 5.59. The maximum Gasteiger partial charge on any atom is 0.194 e. The van der Waals surface area contributed by atoms with E-state index in [0.29, 0.717) is 0 Å². The number of aryl methyl sites for hydroxylation is 2. The molecule has 0 aliphatic rings. The largest absolute Gasteiger partial charge is 0.446 e. The van der Waals surface area contributed by atoms with E-state index in [1.165, 1.54) is 12.8 Å². The average Bonchev–Trinajstić information content (AvgIpc) is 2.63. The Kier molecular flexibility index (Phi) is 5.30. The second kappa shape index (κ2) is 6.60. The lowest BCUT2D eigenvalue weighted by Gasteiger charge is -1.95. The Morgan fingerprint density at radius 2 is 2.21 bits per heavy atom. The number of nitrogens with one attached hydrogen (secondary N) is 1. The van der Waals surface area contributed by atoms with Crippen molar-refractivity contribution in [2.45, 2.75) is 39.0 Å². The molecule has 3 nitrogen and oxygen atoms in total. The molecule has 0 radical (unpaired) electrons. The predicted octanol–water partition coefficient (Wildman–Crippen LogP) is 2.17. The van der Waals surface area contributed by atoms with Crippen LogP contribution in [0.15, 0.2) is 10.6 Å². The first-order valence-electron chi connectivity index (χ1n) is 5.45. The Bertz CT molecular complexity index is 245. The highest BCUT2D eigenvalue weighted by atomic mass is 16.4. The van der Waals surface area contributed by atoms with Crippen molar-refractivity contribution in [2.24, 2.45) is 0 Å². The van der Waals surface area contributed by atoms with Gasteiger partial charge in [-0.05, 0) is 26.4 Å². The molecule has 0 spiro atoms. The molecule has 0 atom stereocenters. The van der Waals surface area contributed by atoms with Crippen LogP contribution in [0.1, 0.15) is 37.8 Å². The number of nitrogens with zero attached hydrogens (tertiary/aromatic N) is 1. The summed E-state index contributed by atoms with van der Waals surface area (Å²) in [5.41, 5.74) is 0. The quantitative estimate of drug-likeness (QED) is 0.679. The molecule has 0 saturated carbocycles. The van der Waals surface area contributed by atoms with Gasteiger partial charge in [0, 0.05) is 12.8 Å². The third kappa shape index (κ3) is 3.92. The van der Waals surface area contributed by atoms with Crippen LogP contribution in [0.4, 0.5) is 0 Å². The minimum absolute atomic E-state index is 0.881. The summed E-state index contributed by atoms with van der Waals surface area (Å²) in [7, 11) is 1.96. The second-order valence-electron chi connectivity index (χ2n) is 3.53. The molecule has 14 heavy (non-hydrogen) atoms. The molecule has 0 aliphatic heterocycles. The molecule has 0 aromatic carbocycles. The zero-order valence-corrected chi connectivity index (χ0v) is 9.18. The summed E-state index contributed by atoms with van der Waals surface area (Å²) >= 11 is 0. The molecule has 0 aliphatic carbocycles. The summed E-state index contributed by atoms with van der Waals surface area (Å²) in [6.45, 7) is 3.21. The van der Waals surface area contributed by atoms with Gasteiger partial charge in [-0.2, -0.15) is 0 Å². The number of hydrogen-bond acceptors (Lipinski definition) is 3. The van der Waals surface area contributed by atoms with Crippen LogP contribution in [-0.4, -0.2) is 18.6 Å². The van der Waals surface area contributed by atoms with E-state index >= 15 is 0 Å². The lowest BCUT2D eigenvalue weighted by atomic mass is 10.2. The molecule has 0 bridgehead atoms. The summed E-state index contributed by atoms with van der Waals surface area (Å²) in [5.74, 6) is 1.91. The van der Waals surface area contributed by atoms with Crippen molar-refractivity contribution in [2.75, 3.05) is 13.6 Å². The molecular weight excluding hydrogens is 176 g/mol. The van der Waals surface area contributed by atoms with Gasteiger partial charge in [-0.15, -0.1) is 0 Å². The fourth-order valence-corrected chi connectivity index (χ4v) is 1.35. The molecule has 0 fully saturated rings. The molecule has 0 amide bonds. The van der Waals surface area contributed by atoms with Crippen molar-refractivity contribution in [3.63, 3.8) is 0 Å². The molecule has 0 saturated heterocycles. The summed E-state index contributed by atoms with van der Waals surface area (Å²) in [6.07, 6.45) is 7.30. The SMILES string of the molecule is CCCCc1cnc(CCCNC)o1. The van der Waals surface area contributed by atoms with E-state index in [0.717, 1.165) is 37.5 Å². The first-order chi connectivity index (χ1) is 6.86. The lowest BCUT2D eigenvalue weighted by molar-refractivity contribution is 0.443. The molecule has 1 heterocycles. The summed E-state index contributed by atoms with van der Waals surface area (Å²) in [5, 5.41) is 3.11. The number of rotatable bonds is 7. The van der Waals surface area contributed by atoms with Gasteiger partial charge < -0.3 is 9.73 Å². The first-order valence-corrected chi connectivity index (χ1v) is 5.45. The average molecular weight is 196 g/mol. The fourth-order valence-electron chi connectivity index (χ4n) is 1.35. The van der Waals surface area contributed by atoms with Gasteiger partial charge in [0.25, 0.3) is 0 Å². The van der Waals surface area contributed by atoms with E-state index in [1.807, 2.05) is 13.2 Å². The van der Waals surface area contributed by atoms with Crippen molar-refractivity contribution in [3.05, 3.63) is 17.8 Å². The molecule has 80 valence electrons. The normalized spacial score (nSPS) is 10.7. The molecule has 1 rings (SSSR count). The molecule has 1 N–H and O–H groups in total. The summed E-state index contributed by atoms with van der Waals surface area (Å²) in [4.78, 5) is 4.25. The van der Waals surface area contributed by atoms with E-state index in [1.54, 1.807) is 0 Å². The highest BCUT2D eigenvalue weighted by molar-refractivity contribution is 4.94. The highest BCUT2D eigenvalue weighted by Crippen LogP contribution is 2.08. The minimum atomic E-state index is 0.881. The van der Waals surface area contributed by atoms with Gasteiger partial charge in [0.1, 0.15) is 5.76 Å². The van der Waals surface area contributed by atoms with E-state index in [4.69, 9.17) is 4.42 Å². The maximum atomic E-state index is 5.59. The van der Waals surface area contributed by atoms with Gasteiger partial charge >= 0.3 is 0 Å². The van der Waals surface area contributed by atoms with Crippen LogP contribution in [0.3, 0.4) is 0 Å². The minimum Gasteiger partial charge on any atom is -0.446 e. The standard InChI is InChI=1S/C11H20N2O/c1-3-4-6-10-9-13-11(14-10)7-5-8-12-2/h9,12H,3-8H2,1-2H3. The molecular formula is C11H20N2O. The Labute approximate surface area is 85.9 Å². The van der Waals surface area contributed by atoms with Crippen molar-refractivity contribution >= 4 is 0 Å². The maximum absolute atomic E-state index is 5.59. The zero-order chi connectivity index (χ0) is 10.2. The van der Waals surface area contributed by atoms with Crippen LogP contribution < -0.4 is 5.32 Å². The van der Waals surface area contributed by atoms with Gasteiger partial charge in [0.05, 0.1) is 6.20 Å². The van der Waals surface area contributed by atoms with Gasteiger partial charge in [0.15, 0.2) is 5.89 Å².